The van der Waals surface area contributed by atoms with E-state index < -0.39 is 23.4 Å². The van der Waals surface area contributed by atoms with Gasteiger partial charge in [-0.2, -0.15) is 13.2 Å². The van der Waals surface area contributed by atoms with Crippen molar-refractivity contribution in [2.45, 2.75) is 32.2 Å². The van der Waals surface area contributed by atoms with Crippen LogP contribution >= 0.6 is 0 Å². The van der Waals surface area contributed by atoms with Gasteiger partial charge >= 0.3 is 12.3 Å². The van der Waals surface area contributed by atoms with Crippen molar-refractivity contribution >= 4 is 6.09 Å². The van der Waals surface area contributed by atoms with Crippen LogP contribution < -0.4 is 5.32 Å². The van der Waals surface area contributed by atoms with E-state index in [1.807, 2.05) is 30.3 Å². The molecule has 24 heavy (non-hydrogen) atoms. The standard InChI is InChI=1S/C18H18F3NO2/c1-17(2,14-9-6-10-15(11-14)18(19,20)21)22-16(23)24-12-13-7-4-3-5-8-13/h3-11H,12H2,1-2H3,(H,22,23). The molecule has 128 valence electrons. The van der Waals surface area contributed by atoms with Gasteiger partial charge < -0.3 is 10.1 Å². The summed E-state index contributed by atoms with van der Waals surface area (Å²) in [5, 5.41) is 2.59. The van der Waals surface area contributed by atoms with Gasteiger partial charge in [-0.15, -0.1) is 0 Å². The lowest BCUT2D eigenvalue weighted by Crippen LogP contribution is -2.41. The summed E-state index contributed by atoms with van der Waals surface area (Å²) in [7, 11) is 0. The molecule has 3 nitrogen and oxygen atoms in total. The van der Waals surface area contributed by atoms with E-state index in [-0.39, 0.29) is 6.61 Å². The molecule has 0 saturated heterocycles. The smallest absolute Gasteiger partial charge is 0.416 e. The van der Waals surface area contributed by atoms with Crippen LogP contribution in [0.5, 0.6) is 0 Å². The highest BCUT2D eigenvalue weighted by molar-refractivity contribution is 5.68. The Balaban J connectivity index is 2.03. The van der Waals surface area contributed by atoms with Gasteiger partial charge in [0.1, 0.15) is 6.61 Å². The maximum absolute atomic E-state index is 12.8. The SMILES string of the molecule is CC(C)(NC(=O)OCc1ccccc1)c1cccc(C(F)(F)F)c1. The van der Waals surface area contributed by atoms with Gasteiger partial charge in [0.2, 0.25) is 0 Å². The van der Waals surface area contributed by atoms with Crippen LogP contribution in [0.3, 0.4) is 0 Å². The van der Waals surface area contributed by atoms with E-state index in [2.05, 4.69) is 5.32 Å². The first kappa shape index (κ1) is 17.8. The van der Waals surface area contributed by atoms with Gasteiger partial charge in [-0.3, -0.25) is 0 Å². The van der Waals surface area contributed by atoms with Crippen molar-refractivity contribution in [2.24, 2.45) is 0 Å². The molecular formula is C18H18F3NO2. The van der Waals surface area contributed by atoms with Crippen molar-refractivity contribution in [3.05, 3.63) is 71.3 Å². The molecule has 0 unspecified atom stereocenters. The van der Waals surface area contributed by atoms with Gasteiger partial charge in [0.05, 0.1) is 11.1 Å². The van der Waals surface area contributed by atoms with E-state index in [0.29, 0.717) is 5.56 Å². The Morgan fingerprint density at radius 2 is 1.62 bits per heavy atom. The van der Waals surface area contributed by atoms with Crippen molar-refractivity contribution in [1.82, 2.24) is 5.32 Å². The first-order valence-electron chi connectivity index (χ1n) is 7.35. The lowest BCUT2D eigenvalue weighted by molar-refractivity contribution is -0.137. The number of amides is 1. The molecule has 0 atom stereocenters. The monoisotopic (exact) mass is 337 g/mol. The lowest BCUT2D eigenvalue weighted by Gasteiger charge is -2.27. The summed E-state index contributed by atoms with van der Waals surface area (Å²) in [5.41, 5.74) is -0.597. The van der Waals surface area contributed by atoms with Crippen LogP contribution in [0, 0.1) is 0 Å². The molecule has 0 bridgehead atoms. The van der Waals surface area contributed by atoms with Crippen LogP contribution in [0.4, 0.5) is 18.0 Å². The third kappa shape index (κ3) is 4.75. The fourth-order valence-corrected chi connectivity index (χ4v) is 2.17. The average molecular weight is 337 g/mol. The third-order valence-electron chi connectivity index (χ3n) is 3.54. The van der Waals surface area contributed by atoms with E-state index in [9.17, 15) is 18.0 Å². The van der Waals surface area contributed by atoms with Crippen LogP contribution in [0.2, 0.25) is 0 Å². The summed E-state index contributed by atoms with van der Waals surface area (Å²) in [5.74, 6) is 0. The molecule has 0 aliphatic heterocycles. The minimum Gasteiger partial charge on any atom is -0.445 e. The Morgan fingerprint density at radius 3 is 2.25 bits per heavy atom. The summed E-state index contributed by atoms with van der Waals surface area (Å²) >= 11 is 0. The molecule has 2 rings (SSSR count). The zero-order valence-corrected chi connectivity index (χ0v) is 13.4. The number of halogens is 3. The number of hydrogen-bond donors (Lipinski definition) is 1. The van der Waals surface area contributed by atoms with Crippen LogP contribution in [0.15, 0.2) is 54.6 Å². The van der Waals surface area contributed by atoms with Crippen LogP contribution in [-0.4, -0.2) is 6.09 Å². The quantitative estimate of drug-likeness (QED) is 0.865. The molecule has 0 aliphatic rings. The van der Waals surface area contributed by atoms with E-state index >= 15 is 0 Å². The Kier molecular flexibility index (Phi) is 5.17. The average Bonchev–Trinajstić information content (AvgIpc) is 2.53. The minimum atomic E-state index is -4.43. The summed E-state index contributed by atoms with van der Waals surface area (Å²) in [6.07, 6.45) is -5.12. The second kappa shape index (κ2) is 6.95. The number of rotatable bonds is 4. The number of ether oxygens (including phenoxy) is 1. The van der Waals surface area contributed by atoms with E-state index in [0.717, 1.165) is 17.7 Å². The van der Waals surface area contributed by atoms with Gasteiger partial charge in [-0.05, 0) is 37.1 Å². The van der Waals surface area contributed by atoms with Crippen molar-refractivity contribution in [3.63, 3.8) is 0 Å². The highest BCUT2D eigenvalue weighted by Gasteiger charge is 2.32. The zero-order chi connectivity index (χ0) is 17.8. The van der Waals surface area contributed by atoms with Gasteiger partial charge in [0.15, 0.2) is 0 Å². The first-order chi connectivity index (χ1) is 11.2. The molecule has 0 aliphatic carbocycles. The Morgan fingerprint density at radius 1 is 1.00 bits per heavy atom. The first-order valence-corrected chi connectivity index (χ1v) is 7.35. The zero-order valence-electron chi connectivity index (χ0n) is 13.4. The fraction of sp³-hybridized carbons (Fsp3) is 0.278. The van der Waals surface area contributed by atoms with Gasteiger partial charge in [0, 0.05) is 0 Å². The van der Waals surface area contributed by atoms with E-state index in [1.54, 1.807) is 13.8 Å². The summed E-state index contributed by atoms with van der Waals surface area (Å²) in [6.45, 7) is 3.32. The third-order valence-corrected chi connectivity index (χ3v) is 3.54. The molecule has 0 saturated carbocycles. The molecule has 1 N–H and O–H groups in total. The molecule has 2 aromatic carbocycles. The van der Waals surface area contributed by atoms with Gasteiger partial charge in [-0.1, -0.05) is 42.5 Å². The van der Waals surface area contributed by atoms with Crippen molar-refractivity contribution in [2.75, 3.05) is 0 Å². The van der Waals surface area contributed by atoms with Crippen LogP contribution in [-0.2, 0) is 23.1 Å². The molecule has 0 aromatic heterocycles. The Labute approximate surface area is 138 Å². The molecule has 2 aromatic rings. The second-order valence-electron chi connectivity index (χ2n) is 5.89. The summed E-state index contributed by atoms with van der Waals surface area (Å²) < 4.78 is 43.6. The van der Waals surface area contributed by atoms with Gasteiger partial charge in [-0.25, -0.2) is 4.79 Å². The highest BCUT2D eigenvalue weighted by Crippen LogP contribution is 2.32. The maximum Gasteiger partial charge on any atom is 0.416 e. The highest BCUT2D eigenvalue weighted by atomic mass is 19.4. The minimum absolute atomic E-state index is 0.0886. The lowest BCUT2D eigenvalue weighted by atomic mass is 9.93. The molecular weight excluding hydrogens is 319 g/mol. The number of carbonyl (C=O) groups is 1. The van der Waals surface area contributed by atoms with E-state index in [1.165, 1.54) is 12.1 Å². The van der Waals surface area contributed by atoms with Crippen LogP contribution in [0.1, 0.15) is 30.5 Å². The fourth-order valence-electron chi connectivity index (χ4n) is 2.17. The van der Waals surface area contributed by atoms with E-state index in [4.69, 9.17) is 4.74 Å². The van der Waals surface area contributed by atoms with Gasteiger partial charge in [0.25, 0.3) is 0 Å². The number of hydrogen-bond acceptors (Lipinski definition) is 2. The van der Waals surface area contributed by atoms with Crippen molar-refractivity contribution in [1.29, 1.82) is 0 Å². The Hall–Kier alpha value is -2.50. The second-order valence-corrected chi connectivity index (χ2v) is 5.89. The Bertz CT molecular complexity index is 697. The summed E-state index contributed by atoms with van der Waals surface area (Å²) in [6, 6.07) is 14.0. The topological polar surface area (TPSA) is 38.3 Å². The molecule has 0 radical (unpaired) electrons. The van der Waals surface area contributed by atoms with Crippen LogP contribution in [0.25, 0.3) is 0 Å². The predicted molar refractivity (Wildman–Crippen MR) is 84.2 cm³/mol. The number of carbonyl (C=O) groups excluding carboxylic acids is 1. The maximum atomic E-state index is 12.8. The van der Waals surface area contributed by atoms with Crippen molar-refractivity contribution < 1.29 is 22.7 Å². The molecule has 6 heteroatoms. The summed E-state index contributed by atoms with van der Waals surface area (Å²) in [4.78, 5) is 11.9. The normalized spacial score (nSPS) is 11.9. The number of alkyl halides is 3. The molecule has 1 amide bonds. The number of alkyl carbamates (subject to hydrolysis) is 1. The predicted octanol–water partition coefficient (Wildman–Crippen LogP) is 4.87. The number of nitrogens with one attached hydrogen (secondary N) is 1. The molecule has 0 fully saturated rings. The molecule has 0 heterocycles. The molecule has 0 spiro atoms. The largest absolute Gasteiger partial charge is 0.445 e. The number of benzene rings is 2. The van der Waals surface area contributed by atoms with Crippen molar-refractivity contribution in [3.8, 4) is 0 Å².